The Morgan fingerprint density at radius 1 is 0.714 bits per heavy atom. The second-order valence-electron chi connectivity index (χ2n) is 9.44. The molecule has 0 saturated heterocycles. The zero-order valence-corrected chi connectivity index (χ0v) is 20.2. The van der Waals surface area contributed by atoms with Gasteiger partial charge < -0.3 is 5.11 Å². The predicted octanol–water partition coefficient (Wildman–Crippen LogP) is 8.88. The second-order valence-corrected chi connectivity index (χ2v) is 9.44. The van der Waals surface area contributed by atoms with Gasteiger partial charge in [0.25, 0.3) is 0 Å². The highest BCUT2D eigenvalue weighted by atomic mass is 16.4. The van der Waals surface area contributed by atoms with Crippen LogP contribution in [0.1, 0.15) is 138 Å². The third-order valence-corrected chi connectivity index (χ3v) is 7.15. The minimum atomic E-state index is -0.518. The van der Waals surface area contributed by atoms with Crippen LogP contribution < -0.4 is 0 Å². The SMILES string of the molecule is CCCCC(CC)CC(CC)CC(CCCC)(CC(CC)CCCC)C(=O)O. The summed E-state index contributed by atoms with van der Waals surface area (Å²) in [6.07, 6.45) is 17.0. The zero-order valence-electron chi connectivity index (χ0n) is 20.2. The summed E-state index contributed by atoms with van der Waals surface area (Å²) >= 11 is 0. The Morgan fingerprint density at radius 2 is 1.18 bits per heavy atom. The van der Waals surface area contributed by atoms with Crippen LogP contribution in [0.25, 0.3) is 0 Å². The Morgan fingerprint density at radius 3 is 1.61 bits per heavy atom. The lowest BCUT2D eigenvalue weighted by atomic mass is 9.67. The van der Waals surface area contributed by atoms with Gasteiger partial charge >= 0.3 is 5.97 Å². The lowest BCUT2D eigenvalue weighted by Crippen LogP contribution is -2.36. The molecule has 4 atom stereocenters. The van der Waals surface area contributed by atoms with E-state index in [1.165, 1.54) is 51.4 Å². The third kappa shape index (κ3) is 10.3. The first-order valence-electron chi connectivity index (χ1n) is 12.7. The summed E-state index contributed by atoms with van der Waals surface area (Å²) in [5.41, 5.74) is -0.506. The topological polar surface area (TPSA) is 37.3 Å². The predicted molar refractivity (Wildman–Crippen MR) is 124 cm³/mol. The van der Waals surface area contributed by atoms with Gasteiger partial charge in [0.1, 0.15) is 0 Å². The van der Waals surface area contributed by atoms with Crippen LogP contribution in [0, 0.1) is 23.2 Å². The van der Waals surface area contributed by atoms with E-state index in [0.717, 1.165) is 50.9 Å². The molecule has 2 nitrogen and oxygen atoms in total. The van der Waals surface area contributed by atoms with Gasteiger partial charge in [0.15, 0.2) is 0 Å². The van der Waals surface area contributed by atoms with Crippen LogP contribution >= 0.6 is 0 Å². The molecule has 0 heterocycles. The van der Waals surface area contributed by atoms with Crippen molar-refractivity contribution in [2.24, 2.45) is 23.2 Å². The van der Waals surface area contributed by atoms with Crippen LogP contribution in [0.15, 0.2) is 0 Å². The van der Waals surface area contributed by atoms with Crippen LogP contribution in [0.4, 0.5) is 0 Å². The quantitative estimate of drug-likeness (QED) is 0.237. The van der Waals surface area contributed by atoms with Crippen molar-refractivity contribution in [3.05, 3.63) is 0 Å². The van der Waals surface area contributed by atoms with Crippen LogP contribution in [-0.4, -0.2) is 11.1 Å². The largest absolute Gasteiger partial charge is 0.481 e. The summed E-state index contributed by atoms with van der Waals surface area (Å²) in [4.78, 5) is 12.6. The highest BCUT2D eigenvalue weighted by Crippen LogP contribution is 2.43. The molecule has 0 amide bonds. The first-order valence-corrected chi connectivity index (χ1v) is 12.7. The van der Waals surface area contributed by atoms with Gasteiger partial charge in [-0.1, -0.05) is 112 Å². The molecule has 0 spiro atoms. The minimum Gasteiger partial charge on any atom is -0.481 e. The molecule has 0 saturated carbocycles. The highest BCUT2D eigenvalue weighted by molar-refractivity contribution is 5.74. The summed E-state index contributed by atoms with van der Waals surface area (Å²) in [5.74, 6) is 1.37. The number of carboxylic acids is 1. The maximum absolute atomic E-state index is 12.6. The average molecular weight is 397 g/mol. The van der Waals surface area contributed by atoms with Gasteiger partial charge in [-0.25, -0.2) is 0 Å². The van der Waals surface area contributed by atoms with Gasteiger partial charge in [0, 0.05) is 0 Å². The molecule has 0 aliphatic carbocycles. The van der Waals surface area contributed by atoms with Crippen LogP contribution in [0.2, 0.25) is 0 Å². The summed E-state index contributed by atoms with van der Waals surface area (Å²) in [6, 6.07) is 0. The van der Waals surface area contributed by atoms with Crippen LogP contribution in [0.5, 0.6) is 0 Å². The van der Waals surface area contributed by atoms with Crippen molar-refractivity contribution in [3.8, 4) is 0 Å². The molecule has 0 radical (unpaired) electrons. The summed E-state index contributed by atoms with van der Waals surface area (Å²) in [5, 5.41) is 10.4. The van der Waals surface area contributed by atoms with Crippen LogP contribution in [-0.2, 0) is 4.79 Å². The van der Waals surface area contributed by atoms with E-state index in [1.807, 2.05) is 0 Å². The number of hydrogen-bond donors (Lipinski definition) is 1. The third-order valence-electron chi connectivity index (χ3n) is 7.15. The first kappa shape index (κ1) is 27.5. The summed E-state index contributed by atoms with van der Waals surface area (Å²) in [7, 11) is 0. The van der Waals surface area contributed by atoms with Crippen molar-refractivity contribution in [3.63, 3.8) is 0 Å². The number of hydrogen-bond acceptors (Lipinski definition) is 1. The van der Waals surface area contributed by atoms with Gasteiger partial charge in [-0.15, -0.1) is 0 Å². The minimum absolute atomic E-state index is 0.506. The number of unbranched alkanes of at least 4 members (excludes halogenated alkanes) is 3. The van der Waals surface area contributed by atoms with Gasteiger partial charge in [0.05, 0.1) is 5.41 Å². The molecule has 4 unspecified atom stereocenters. The molecular weight excluding hydrogens is 344 g/mol. The molecule has 0 rings (SSSR count). The Labute approximate surface area is 177 Å². The van der Waals surface area contributed by atoms with Crippen molar-refractivity contribution in [1.29, 1.82) is 0 Å². The van der Waals surface area contributed by atoms with Crippen LogP contribution in [0.3, 0.4) is 0 Å². The second kappa shape index (κ2) is 16.3. The normalized spacial score (nSPS) is 17.1. The fourth-order valence-electron chi connectivity index (χ4n) is 4.98. The van der Waals surface area contributed by atoms with Gasteiger partial charge in [-0.3, -0.25) is 4.79 Å². The number of carbonyl (C=O) groups is 1. The van der Waals surface area contributed by atoms with Gasteiger partial charge in [-0.2, -0.15) is 0 Å². The molecule has 1 N–H and O–H groups in total. The van der Waals surface area contributed by atoms with Crippen molar-refractivity contribution in [1.82, 2.24) is 0 Å². The Balaban J connectivity index is 5.40. The fraction of sp³-hybridized carbons (Fsp3) is 0.962. The molecule has 168 valence electrons. The number of aliphatic carboxylic acids is 1. The van der Waals surface area contributed by atoms with E-state index in [0.29, 0.717) is 11.8 Å². The molecule has 2 heteroatoms. The van der Waals surface area contributed by atoms with Crippen molar-refractivity contribution < 1.29 is 9.90 Å². The fourth-order valence-corrected chi connectivity index (χ4v) is 4.98. The molecule has 0 aromatic carbocycles. The monoisotopic (exact) mass is 396 g/mol. The van der Waals surface area contributed by atoms with Crippen molar-refractivity contribution in [2.45, 2.75) is 138 Å². The van der Waals surface area contributed by atoms with E-state index < -0.39 is 11.4 Å². The molecule has 0 aliphatic rings. The molecule has 0 aromatic heterocycles. The summed E-state index contributed by atoms with van der Waals surface area (Å²) in [6.45, 7) is 13.5. The van der Waals surface area contributed by atoms with Gasteiger partial charge in [0.2, 0.25) is 0 Å². The first-order chi connectivity index (χ1) is 13.4. The maximum atomic E-state index is 12.6. The standard InChI is InChI=1S/C26H52O2/c1-7-13-16-22(10-4)19-24(12-6)21-26(25(27)28,18-15-9-3)20-23(11-5)17-14-8-2/h22-24H,7-21H2,1-6H3,(H,27,28). The maximum Gasteiger partial charge on any atom is 0.309 e. The Hall–Kier alpha value is -0.530. The molecule has 28 heavy (non-hydrogen) atoms. The van der Waals surface area contributed by atoms with E-state index in [2.05, 4.69) is 41.5 Å². The average Bonchev–Trinajstić information content (AvgIpc) is 2.70. The smallest absolute Gasteiger partial charge is 0.309 e. The highest BCUT2D eigenvalue weighted by Gasteiger charge is 2.41. The Kier molecular flexibility index (Phi) is 16.0. The number of carboxylic acid groups (broad SMARTS) is 1. The molecular formula is C26H52O2. The zero-order chi connectivity index (χ0) is 21.4. The van der Waals surface area contributed by atoms with E-state index in [9.17, 15) is 9.90 Å². The van der Waals surface area contributed by atoms with E-state index in [1.54, 1.807) is 0 Å². The summed E-state index contributed by atoms with van der Waals surface area (Å²) < 4.78 is 0. The molecule has 0 aliphatic heterocycles. The lowest BCUT2D eigenvalue weighted by molar-refractivity contribution is -0.152. The Bertz CT molecular complexity index is 379. The van der Waals surface area contributed by atoms with Crippen molar-refractivity contribution >= 4 is 5.97 Å². The van der Waals surface area contributed by atoms with Gasteiger partial charge in [-0.05, 0) is 43.4 Å². The van der Waals surface area contributed by atoms with E-state index >= 15 is 0 Å². The molecule has 0 fully saturated rings. The van der Waals surface area contributed by atoms with E-state index in [4.69, 9.17) is 0 Å². The lowest BCUT2D eigenvalue weighted by Gasteiger charge is -2.37. The molecule has 0 bridgehead atoms. The van der Waals surface area contributed by atoms with Crippen molar-refractivity contribution in [2.75, 3.05) is 0 Å². The number of rotatable bonds is 19. The van der Waals surface area contributed by atoms with E-state index in [-0.39, 0.29) is 0 Å². The molecule has 0 aromatic rings.